The van der Waals surface area contributed by atoms with Gasteiger partial charge in [0.1, 0.15) is 11.6 Å². The molecule has 1 saturated heterocycles. The molecule has 0 aliphatic carbocycles. The number of amides is 2. The molecule has 0 aromatic heterocycles. The van der Waals surface area contributed by atoms with E-state index in [-0.39, 0.29) is 17.7 Å². The van der Waals surface area contributed by atoms with Gasteiger partial charge in [0.05, 0.1) is 28.1 Å². The summed E-state index contributed by atoms with van der Waals surface area (Å²) in [4.78, 5) is 13.9. The molecule has 2 aromatic rings. The molecule has 0 saturated carbocycles. The Morgan fingerprint density at radius 2 is 1.67 bits per heavy atom. The van der Waals surface area contributed by atoms with E-state index in [4.69, 9.17) is 9.31 Å². The first-order valence-corrected chi connectivity index (χ1v) is 10.3. The van der Waals surface area contributed by atoms with E-state index in [1.807, 2.05) is 27.7 Å². The van der Waals surface area contributed by atoms with Crippen molar-refractivity contribution in [3.8, 4) is 0 Å². The number of hydrogen-bond acceptors (Lipinski definition) is 3. The summed E-state index contributed by atoms with van der Waals surface area (Å²) in [6, 6.07) is 3.59. The van der Waals surface area contributed by atoms with Crippen LogP contribution in [-0.2, 0) is 21.9 Å². The largest absolute Gasteiger partial charge is 0.497 e. The van der Waals surface area contributed by atoms with Crippen LogP contribution in [-0.4, -0.2) is 30.9 Å². The lowest BCUT2D eigenvalue weighted by Crippen LogP contribution is -2.41. The second kappa shape index (κ2) is 7.70. The number of alkyl halides is 3. The third-order valence-electron chi connectivity index (χ3n) is 6.38. The molecule has 0 radical (unpaired) electrons. The molecule has 2 amide bonds. The van der Waals surface area contributed by atoms with E-state index >= 15 is 4.39 Å². The molecule has 2 aromatic carbocycles. The van der Waals surface area contributed by atoms with E-state index in [2.05, 4.69) is 5.32 Å². The number of halogens is 5. The van der Waals surface area contributed by atoms with Crippen LogP contribution in [0.1, 0.15) is 38.8 Å². The molecule has 176 valence electrons. The lowest BCUT2D eigenvalue weighted by Gasteiger charge is -2.32. The third-order valence-corrected chi connectivity index (χ3v) is 6.38. The van der Waals surface area contributed by atoms with E-state index in [0.717, 1.165) is 11.0 Å². The second-order valence-corrected chi connectivity index (χ2v) is 9.11. The van der Waals surface area contributed by atoms with E-state index in [9.17, 15) is 22.4 Å². The Morgan fingerprint density at radius 3 is 2.27 bits per heavy atom. The number of nitrogens with one attached hydrogen (secondary N) is 1. The van der Waals surface area contributed by atoms with Crippen LogP contribution in [0.4, 0.5) is 38.1 Å². The number of carbonyl (C=O) groups is 1. The first-order valence-electron chi connectivity index (χ1n) is 10.3. The van der Waals surface area contributed by atoms with Gasteiger partial charge in [0.15, 0.2) is 0 Å². The van der Waals surface area contributed by atoms with Crippen LogP contribution >= 0.6 is 0 Å². The quantitative estimate of drug-likeness (QED) is 0.505. The first-order chi connectivity index (χ1) is 15.2. The van der Waals surface area contributed by atoms with Gasteiger partial charge in [0.2, 0.25) is 0 Å². The Bertz CT molecular complexity index is 1100. The highest BCUT2D eigenvalue weighted by Crippen LogP contribution is 2.38. The summed E-state index contributed by atoms with van der Waals surface area (Å²) in [6.45, 7) is 7.52. The minimum Gasteiger partial charge on any atom is -0.399 e. The maximum Gasteiger partial charge on any atom is 0.497 e. The fourth-order valence-electron chi connectivity index (χ4n) is 3.77. The molecule has 33 heavy (non-hydrogen) atoms. The number of fused-ring (bicyclic) bond motifs is 1. The summed E-state index contributed by atoms with van der Waals surface area (Å²) in [5.41, 5.74) is -1.96. The minimum absolute atomic E-state index is 0.147. The fourth-order valence-corrected chi connectivity index (χ4v) is 3.77. The van der Waals surface area contributed by atoms with E-state index in [1.165, 1.54) is 0 Å². The number of urea groups is 1. The number of nitrogens with zero attached hydrogens (tertiary/aromatic N) is 1. The van der Waals surface area contributed by atoms with Crippen LogP contribution in [0.3, 0.4) is 0 Å². The number of carbonyl (C=O) groups excluding carboxylic acids is 1. The van der Waals surface area contributed by atoms with Gasteiger partial charge in [-0.05, 0) is 63.9 Å². The second-order valence-electron chi connectivity index (χ2n) is 9.11. The van der Waals surface area contributed by atoms with Crippen LogP contribution < -0.4 is 15.7 Å². The summed E-state index contributed by atoms with van der Waals surface area (Å²) in [7, 11) is -0.928. The van der Waals surface area contributed by atoms with Crippen molar-refractivity contribution < 1.29 is 36.1 Å². The molecule has 0 bridgehead atoms. The average molecular weight is 468 g/mol. The normalized spacial score (nSPS) is 19.1. The predicted molar refractivity (Wildman–Crippen MR) is 114 cm³/mol. The van der Waals surface area contributed by atoms with Gasteiger partial charge in [-0.15, -0.1) is 0 Å². The van der Waals surface area contributed by atoms with Gasteiger partial charge < -0.3 is 14.6 Å². The Kier molecular flexibility index (Phi) is 5.48. The van der Waals surface area contributed by atoms with Gasteiger partial charge >= 0.3 is 19.3 Å². The van der Waals surface area contributed by atoms with Crippen molar-refractivity contribution in [3.05, 3.63) is 53.1 Å². The zero-order valence-corrected chi connectivity index (χ0v) is 18.4. The van der Waals surface area contributed by atoms with Crippen LogP contribution in [0.5, 0.6) is 0 Å². The van der Waals surface area contributed by atoms with Gasteiger partial charge in [-0.3, -0.25) is 4.90 Å². The predicted octanol–water partition coefficient (Wildman–Crippen LogP) is 4.88. The van der Waals surface area contributed by atoms with Crippen molar-refractivity contribution >= 4 is 30.0 Å². The smallest absolute Gasteiger partial charge is 0.399 e. The highest BCUT2D eigenvalue weighted by Gasteiger charge is 2.52. The lowest BCUT2D eigenvalue weighted by atomic mass is 9.77. The van der Waals surface area contributed by atoms with Gasteiger partial charge in [0, 0.05) is 12.0 Å². The molecule has 1 fully saturated rings. The highest BCUT2D eigenvalue weighted by atomic mass is 19.4. The van der Waals surface area contributed by atoms with E-state index in [1.54, 1.807) is 6.07 Å². The first kappa shape index (κ1) is 23.5. The van der Waals surface area contributed by atoms with Crippen LogP contribution in [0, 0.1) is 11.6 Å². The average Bonchev–Trinajstić information content (AvgIpc) is 3.18. The van der Waals surface area contributed by atoms with Crippen molar-refractivity contribution in [1.29, 1.82) is 0 Å². The summed E-state index contributed by atoms with van der Waals surface area (Å²) >= 11 is 0. The molecule has 5 nitrogen and oxygen atoms in total. The number of rotatable bonds is 2. The molecule has 4 rings (SSSR count). The Morgan fingerprint density at radius 1 is 1.03 bits per heavy atom. The van der Waals surface area contributed by atoms with Crippen molar-refractivity contribution in [1.82, 2.24) is 0 Å². The van der Waals surface area contributed by atoms with Crippen LogP contribution in [0.15, 0.2) is 30.3 Å². The zero-order chi connectivity index (χ0) is 24.3. The van der Waals surface area contributed by atoms with Gasteiger partial charge in [-0.1, -0.05) is 6.07 Å². The molecule has 0 unspecified atom stereocenters. The Hall–Kier alpha value is -2.66. The Labute approximate surface area is 188 Å². The molecular formula is C22H22BF5N2O3. The van der Waals surface area contributed by atoms with Crippen LogP contribution in [0.25, 0.3) is 0 Å². The molecule has 1 N–H and O–H groups in total. The minimum atomic E-state index is -4.69. The maximum atomic E-state index is 15.0. The SMILES string of the molecule is CC1(C)OB(c2cc3c(cc2F)N(C(=O)Nc2cc(C(F)(F)F)ccc2F)CC3)OC1(C)C. The van der Waals surface area contributed by atoms with Crippen molar-refractivity contribution in [2.45, 2.75) is 51.5 Å². The molecule has 11 heteroatoms. The molecule has 2 aliphatic heterocycles. The van der Waals surface area contributed by atoms with Gasteiger partial charge in [0.25, 0.3) is 0 Å². The molecule has 0 spiro atoms. The summed E-state index contributed by atoms with van der Waals surface area (Å²) < 4.78 is 79.7. The van der Waals surface area contributed by atoms with Crippen molar-refractivity contribution in [2.24, 2.45) is 0 Å². The zero-order valence-electron chi connectivity index (χ0n) is 18.4. The standard InChI is InChI=1S/C22H22BF5N2O3/c1-20(2)21(3,4)33-23(32-20)14-9-12-7-8-30(18(12)11-16(14)25)19(31)29-17-10-13(22(26,27)28)5-6-15(17)24/h5-6,9-11H,7-8H2,1-4H3,(H,29,31). The topological polar surface area (TPSA) is 50.8 Å². The molecule has 2 aliphatic rings. The highest BCUT2D eigenvalue weighted by molar-refractivity contribution is 6.62. The lowest BCUT2D eigenvalue weighted by molar-refractivity contribution is -0.137. The molecular weight excluding hydrogens is 446 g/mol. The number of anilines is 2. The van der Waals surface area contributed by atoms with Crippen LogP contribution in [0.2, 0.25) is 0 Å². The van der Waals surface area contributed by atoms with E-state index in [0.29, 0.717) is 30.2 Å². The number of benzene rings is 2. The van der Waals surface area contributed by atoms with E-state index < -0.39 is 53.4 Å². The fraction of sp³-hybridized carbons (Fsp3) is 0.409. The maximum absolute atomic E-state index is 15.0. The van der Waals surface area contributed by atoms with Gasteiger partial charge in [-0.25, -0.2) is 13.6 Å². The van der Waals surface area contributed by atoms with Gasteiger partial charge in [-0.2, -0.15) is 13.2 Å². The molecule has 0 atom stereocenters. The van der Waals surface area contributed by atoms with Crippen molar-refractivity contribution in [2.75, 3.05) is 16.8 Å². The summed E-state index contributed by atoms with van der Waals surface area (Å²) in [6.07, 6.45) is -4.32. The molecule has 2 heterocycles. The van der Waals surface area contributed by atoms with Crippen molar-refractivity contribution in [3.63, 3.8) is 0 Å². The summed E-state index contributed by atoms with van der Waals surface area (Å²) in [5, 5.41) is 2.16. The summed E-state index contributed by atoms with van der Waals surface area (Å²) in [5.74, 6) is -1.67. The monoisotopic (exact) mass is 468 g/mol. The third kappa shape index (κ3) is 4.19. The Balaban J connectivity index is 1.57. The number of hydrogen-bond donors (Lipinski definition) is 1.